The van der Waals surface area contributed by atoms with Gasteiger partial charge in [-0.3, -0.25) is 0 Å². The van der Waals surface area contributed by atoms with Crippen LogP contribution in [0, 0.1) is 5.92 Å². The molecule has 2 aromatic heterocycles. The van der Waals surface area contributed by atoms with Crippen LogP contribution in [0.15, 0.2) is 6.33 Å². The number of hydrogen-bond donors (Lipinski definition) is 3. The normalized spacial score (nSPS) is 24.3. The molecule has 4 N–H and O–H groups in total. The van der Waals surface area contributed by atoms with Gasteiger partial charge in [0.15, 0.2) is 11.5 Å². The van der Waals surface area contributed by atoms with Crippen molar-refractivity contribution in [3.8, 4) is 0 Å². The quantitative estimate of drug-likeness (QED) is 0.753. The topological polar surface area (TPSA) is 92.5 Å². The maximum atomic E-state index is 5.71. The molecule has 18 heavy (non-hydrogen) atoms. The second kappa shape index (κ2) is 4.44. The number of hydrogen-bond acceptors (Lipinski definition) is 5. The molecule has 2 heterocycles. The molecule has 2 unspecified atom stereocenters. The Bertz CT molecular complexity index is 548. The van der Waals surface area contributed by atoms with E-state index in [4.69, 9.17) is 5.73 Å². The second-order valence-corrected chi connectivity index (χ2v) is 5.04. The van der Waals surface area contributed by atoms with E-state index in [1.165, 1.54) is 25.7 Å². The first-order valence-electron chi connectivity index (χ1n) is 6.47. The molecule has 96 valence electrons. The van der Waals surface area contributed by atoms with Crippen molar-refractivity contribution < 1.29 is 0 Å². The van der Waals surface area contributed by atoms with Crippen LogP contribution in [0.25, 0.3) is 11.2 Å². The summed E-state index contributed by atoms with van der Waals surface area (Å²) in [6, 6.07) is 0.458. The highest BCUT2D eigenvalue weighted by Crippen LogP contribution is 2.28. The Hall–Kier alpha value is -1.85. The zero-order valence-electron chi connectivity index (χ0n) is 10.5. The van der Waals surface area contributed by atoms with Crippen LogP contribution in [-0.2, 0) is 0 Å². The van der Waals surface area contributed by atoms with Crippen molar-refractivity contribution in [3.63, 3.8) is 0 Å². The number of nitrogens with two attached hydrogens (primary N) is 1. The zero-order chi connectivity index (χ0) is 12.5. The Morgan fingerprint density at radius 1 is 1.33 bits per heavy atom. The third-order valence-electron chi connectivity index (χ3n) is 3.74. The molecule has 1 saturated carbocycles. The standard InChI is InChI=1S/C12H18N6/c1-7-4-2-3-5-8(7)16-11-9-10(15-6-14-9)17-12(13)18-11/h6-8H,2-5H2,1H3,(H4,13,14,15,16,17,18). The largest absolute Gasteiger partial charge is 0.368 e. The monoisotopic (exact) mass is 246 g/mol. The van der Waals surface area contributed by atoms with E-state index in [1.807, 2.05) is 0 Å². The van der Waals surface area contributed by atoms with Crippen molar-refractivity contribution in [3.05, 3.63) is 6.33 Å². The lowest BCUT2D eigenvalue weighted by Gasteiger charge is -2.29. The SMILES string of the molecule is CC1CCCCC1Nc1nc(N)nc2nc[nH]c12. The van der Waals surface area contributed by atoms with Crippen LogP contribution >= 0.6 is 0 Å². The van der Waals surface area contributed by atoms with Crippen LogP contribution in [0.3, 0.4) is 0 Å². The smallest absolute Gasteiger partial charge is 0.224 e. The molecule has 1 aliphatic rings. The Kier molecular flexibility index (Phi) is 2.77. The molecule has 1 aliphatic carbocycles. The number of nitrogens with one attached hydrogen (secondary N) is 2. The molecular weight excluding hydrogens is 228 g/mol. The van der Waals surface area contributed by atoms with Crippen molar-refractivity contribution in [2.24, 2.45) is 5.92 Å². The zero-order valence-corrected chi connectivity index (χ0v) is 10.5. The maximum Gasteiger partial charge on any atom is 0.224 e. The van der Waals surface area contributed by atoms with Gasteiger partial charge in [-0.25, -0.2) is 4.98 Å². The molecule has 0 bridgehead atoms. The highest BCUT2D eigenvalue weighted by atomic mass is 15.1. The fourth-order valence-corrected chi connectivity index (χ4v) is 2.66. The van der Waals surface area contributed by atoms with E-state index in [-0.39, 0.29) is 5.95 Å². The summed E-state index contributed by atoms with van der Waals surface area (Å²) in [4.78, 5) is 15.6. The Morgan fingerprint density at radius 2 is 2.17 bits per heavy atom. The summed E-state index contributed by atoms with van der Waals surface area (Å²) in [6.45, 7) is 2.28. The summed E-state index contributed by atoms with van der Waals surface area (Å²) in [5.74, 6) is 1.70. The minimum Gasteiger partial charge on any atom is -0.368 e. The molecule has 0 radical (unpaired) electrons. The summed E-state index contributed by atoms with van der Waals surface area (Å²) in [5.41, 5.74) is 7.16. The maximum absolute atomic E-state index is 5.71. The van der Waals surface area contributed by atoms with Crippen LogP contribution in [0.1, 0.15) is 32.6 Å². The number of nitrogen functional groups attached to an aromatic ring is 1. The fraction of sp³-hybridized carbons (Fsp3) is 0.583. The van der Waals surface area contributed by atoms with E-state index in [9.17, 15) is 0 Å². The van der Waals surface area contributed by atoms with Gasteiger partial charge in [0.1, 0.15) is 5.52 Å². The van der Waals surface area contributed by atoms with E-state index in [0.29, 0.717) is 17.6 Å². The van der Waals surface area contributed by atoms with Crippen LogP contribution in [0.2, 0.25) is 0 Å². The van der Waals surface area contributed by atoms with Gasteiger partial charge in [-0.2, -0.15) is 9.97 Å². The van der Waals surface area contributed by atoms with E-state index < -0.39 is 0 Å². The number of H-pyrrole nitrogens is 1. The molecular formula is C12H18N6. The minimum absolute atomic E-state index is 0.264. The molecule has 3 rings (SSSR count). The third-order valence-corrected chi connectivity index (χ3v) is 3.74. The van der Waals surface area contributed by atoms with Gasteiger partial charge in [0.2, 0.25) is 5.95 Å². The number of fused-ring (bicyclic) bond motifs is 1. The summed E-state index contributed by atoms with van der Waals surface area (Å²) < 4.78 is 0. The molecule has 0 aliphatic heterocycles. The first-order valence-corrected chi connectivity index (χ1v) is 6.47. The second-order valence-electron chi connectivity index (χ2n) is 5.04. The predicted octanol–water partition coefficient (Wildman–Crippen LogP) is 1.93. The minimum atomic E-state index is 0.264. The molecule has 0 aromatic carbocycles. The van der Waals surface area contributed by atoms with E-state index in [1.54, 1.807) is 6.33 Å². The lowest BCUT2D eigenvalue weighted by atomic mass is 9.86. The molecule has 2 aromatic rings. The molecule has 2 atom stereocenters. The average Bonchev–Trinajstić information content (AvgIpc) is 2.80. The average molecular weight is 246 g/mol. The molecule has 1 fully saturated rings. The number of aromatic nitrogens is 4. The van der Waals surface area contributed by atoms with Crippen LogP contribution in [0.4, 0.5) is 11.8 Å². The summed E-state index contributed by atoms with van der Waals surface area (Å²) >= 11 is 0. The van der Waals surface area contributed by atoms with Gasteiger partial charge in [-0.05, 0) is 18.8 Å². The predicted molar refractivity (Wildman–Crippen MR) is 71.1 cm³/mol. The van der Waals surface area contributed by atoms with Gasteiger partial charge in [0, 0.05) is 6.04 Å². The molecule has 6 heteroatoms. The van der Waals surface area contributed by atoms with Crippen LogP contribution in [0.5, 0.6) is 0 Å². The highest BCUT2D eigenvalue weighted by Gasteiger charge is 2.22. The Labute approximate surface area is 105 Å². The number of nitrogens with zero attached hydrogens (tertiary/aromatic N) is 3. The van der Waals surface area contributed by atoms with Crippen LogP contribution < -0.4 is 11.1 Å². The third kappa shape index (κ3) is 1.98. The molecule has 0 saturated heterocycles. The van der Waals surface area contributed by atoms with Crippen molar-refractivity contribution in [1.82, 2.24) is 19.9 Å². The summed E-state index contributed by atoms with van der Waals surface area (Å²) in [6.07, 6.45) is 6.67. The van der Waals surface area contributed by atoms with Crippen molar-refractivity contribution in [2.75, 3.05) is 11.1 Å². The number of anilines is 2. The van der Waals surface area contributed by atoms with Gasteiger partial charge < -0.3 is 16.0 Å². The fourth-order valence-electron chi connectivity index (χ4n) is 2.66. The Morgan fingerprint density at radius 3 is 3.00 bits per heavy atom. The van der Waals surface area contributed by atoms with Gasteiger partial charge in [-0.1, -0.05) is 19.8 Å². The lowest BCUT2D eigenvalue weighted by Crippen LogP contribution is -2.30. The molecule has 0 amide bonds. The first kappa shape index (κ1) is 11.3. The van der Waals surface area contributed by atoms with E-state index in [0.717, 1.165) is 11.3 Å². The summed E-state index contributed by atoms with van der Waals surface area (Å²) in [5, 5.41) is 3.50. The molecule has 0 spiro atoms. The summed E-state index contributed by atoms with van der Waals surface area (Å²) in [7, 11) is 0. The number of rotatable bonds is 2. The van der Waals surface area contributed by atoms with E-state index in [2.05, 4.69) is 32.2 Å². The van der Waals surface area contributed by atoms with Crippen molar-refractivity contribution >= 4 is 22.9 Å². The van der Waals surface area contributed by atoms with Crippen molar-refractivity contribution in [2.45, 2.75) is 38.6 Å². The van der Waals surface area contributed by atoms with Gasteiger partial charge >= 0.3 is 0 Å². The van der Waals surface area contributed by atoms with Gasteiger partial charge in [0.05, 0.1) is 6.33 Å². The lowest BCUT2D eigenvalue weighted by molar-refractivity contribution is 0.349. The highest BCUT2D eigenvalue weighted by molar-refractivity contribution is 5.83. The van der Waals surface area contributed by atoms with E-state index >= 15 is 0 Å². The number of imidazole rings is 1. The first-order chi connectivity index (χ1) is 8.74. The number of aromatic amines is 1. The molecule has 6 nitrogen and oxygen atoms in total. The Balaban J connectivity index is 1.91. The van der Waals surface area contributed by atoms with Gasteiger partial charge in [0.25, 0.3) is 0 Å². The van der Waals surface area contributed by atoms with Gasteiger partial charge in [-0.15, -0.1) is 0 Å². The van der Waals surface area contributed by atoms with Crippen LogP contribution in [-0.4, -0.2) is 26.0 Å². The van der Waals surface area contributed by atoms with Crippen molar-refractivity contribution in [1.29, 1.82) is 0 Å².